The van der Waals surface area contributed by atoms with Crippen molar-refractivity contribution in [3.63, 3.8) is 0 Å². The lowest BCUT2D eigenvalue weighted by Crippen LogP contribution is -2.29. The molecule has 1 fully saturated rings. The topological polar surface area (TPSA) is 84.7 Å². The second-order valence-corrected chi connectivity index (χ2v) is 6.87. The van der Waals surface area contributed by atoms with E-state index in [1.54, 1.807) is 0 Å². The van der Waals surface area contributed by atoms with Crippen molar-refractivity contribution in [1.29, 1.82) is 0 Å². The van der Waals surface area contributed by atoms with Crippen LogP contribution in [0.1, 0.15) is 30.0 Å². The molecule has 0 atom stereocenters. The van der Waals surface area contributed by atoms with Gasteiger partial charge in [0.15, 0.2) is 5.82 Å². The van der Waals surface area contributed by atoms with Gasteiger partial charge >= 0.3 is 0 Å². The molecule has 0 radical (unpaired) electrons. The van der Waals surface area contributed by atoms with Crippen molar-refractivity contribution < 1.29 is 4.79 Å². The predicted molar refractivity (Wildman–Crippen MR) is 103 cm³/mol. The zero-order chi connectivity index (χ0) is 18.6. The van der Waals surface area contributed by atoms with Gasteiger partial charge in [-0.25, -0.2) is 4.68 Å². The highest BCUT2D eigenvalue weighted by Gasteiger charge is 2.28. The van der Waals surface area contributed by atoms with Gasteiger partial charge in [0.2, 0.25) is 5.91 Å². The molecule has 1 aliphatic carbocycles. The van der Waals surface area contributed by atoms with Crippen molar-refractivity contribution in [3.8, 4) is 11.4 Å². The zero-order valence-corrected chi connectivity index (χ0v) is 15.2. The number of hydrogen-bond donors (Lipinski definition) is 2. The van der Waals surface area contributed by atoms with Crippen molar-refractivity contribution >= 4 is 11.6 Å². The van der Waals surface area contributed by atoms with Crippen LogP contribution in [0, 0.1) is 6.92 Å². The minimum atomic E-state index is -0.0520. The molecular weight excluding hydrogens is 340 g/mol. The van der Waals surface area contributed by atoms with Crippen LogP contribution in [0.3, 0.4) is 0 Å². The average molecular weight is 362 g/mol. The molecule has 27 heavy (non-hydrogen) atoms. The van der Waals surface area contributed by atoms with Crippen LogP contribution >= 0.6 is 0 Å². The Kier molecular flexibility index (Phi) is 4.82. The first-order chi connectivity index (χ1) is 13.2. The molecule has 7 heteroatoms. The predicted octanol–water partition coefficient (Wildman–Crippen LogP) is 2.71. The molecule has 1 aliphatic rings. The molecule has 7 nitrogen and oxygen atoms in total. The summed E-state index contributed by atoms with van der Waals surface area (Å²) in [5.74, 6) is 0.716. The maximum Gasteiger partial charge on any atom is 0.239 e. The number of hydrogen-bond acceptors (Lipinski definition) is 5. The third kappa shape index (κ3) is 4.31. The number of carbonyl (C=O) groups excluding carboxylic acids is 1. The number of benzene rings is 2. The number of aryl methyl sites for hydroxylation is 1. The number of aromatic nitrogens is 4. The second kappa shape index (κ2) is 7.57. The summed E-state index contributed by atoms with van der Waals surface area (Å²) >= 11 is 0. The third-order valence-electron chi connectivity index (χ3n) is 4.57. The van der Waals surface area contributed by atoms with Crippen molar-refractivity contribution in [3.05, 3.63) is 59.7 Å². The molecule has 0 aliphatic heterocycles. The van der Waals surface area contributed by atoms with Crippen LogP contribution in [0.4, 0.5) is 5.69 Å². The Morgan fingerprint density at radius 2 is 2.00 bits per heavy atom. The molecule has 4 rings (SSSR count). The quantitative estimate of drug-likeness (QED) is 0.675. The second-order valence-electron chi connectivity index (χ2n) is 6.87. The first kappa shape index (κ1) is 17.2. The van der Waals surface area contributed by atoms with Gasteiger partial charge in [-0.2, -0.15) is 0 Å². The number of amides is 1. The SMILES string of the molecule is Cc1ccc(CNC(=O)CNc2cccc(-c3nnnn3C3CC3)c2)cc1. The summed E-state index contributed by atoms with van der Waals surface area (Å²) in [7, 11) is 0. The fourth-order valence-electron chi connectivity index (χ4n) is 2.87. The van der Waals surface area contributed by atoms with Crippen molar-refractivity contribution in [2.24, 2.45) is 0 Å². The summed E-state index contributed by atoms with van der Waals surface area (Å²) in [5.41, 5.74) is 4.10. The maximum atomic E-state index is 12.1. The molecule has 3 aromatic rings. The zero-order valence-electron chi connectivity index (χ0n) is 15.2. The lowest BCUT2D eigenvalue weighted by molar-refractivity contribution is -0.119. The Morgan fingerprint density at radius 1 is 1.19 bits per heavy atom. The first-order valence-electron chi connectivity index (χ1n) is 9.13. The van der Waals surface area contributed by atoms with E-state index in [1.165, 1.54) is 5.56 Å². The standard InChI is InChI=1S/C20H22N6O/c1-14-5-7-15(8-6-14)12-22-19(27)13-21-17-4-2-3-16(11-17)20-23-24-25-26(20)18-9-10-18/h2-8,11,18,21H,9-10,12-13H2,1H3,(H,22,27). The number of rotatable bonds is 7. The molecule has 0 bridgehead atoms. The Bertz CT molecular complexity index is 930. The minimum Gasteiger partial charge on any atom is -0.376 e. The van der Waals surface area contributed by atoms with E-state index >= 15 is 0 Å². The van der Waals surface area contributed by atoms with Gasteiger partial charge in [0.05, 0.1) is 12.6 Å². The van der Waals surface area contributed by atoms with E-state index in [4.69, 9.17) is 0 Å². The Hall–Kier alpha value is -3.22. The van der Waals surface area contributed by atoms with Crippen LogP contribution in [0.2, 0.25) is 0 Å². The summed E-state index contributed by atoms with van der Waals surface area (Å²) in [5, 5.41) is 18.1. The van der Waals surface area contributed by atoms with Crippen LogP contribution < -0.4 is 10.6 Å². The van der Waals surface area contributed by atoms with Gasteiger partial charge in [-0.1, -0.05) is 42.0 Å². The summed E-state index contributed by atoms with van der Waals surface area (Å²) in [4.78, 5) is 12.1. The molecule has 1 saturated carbocycles. The average Bonchev–Trinajstić information content (AvgIpc) is 3.42. The van der Waals surface area contributed by atoms with E-state index in [2.05, 4.69) is 26.2 Å². The highest BCUT2D eigenvalue weighted by Crippen LogP contribution is 2.36. The van der Waals surface area contributed by atoms with Crippen LogP contribution in [0.15, 0.2) is 48.5 Å². The van der Waals surface area contributed by atoms with Gasteiger partial charge in [-0.15, -0.1) is 5.10 Å². The highest BCUT2D eigenvalue weighted by molar-refractivity contribution is 5.81. The monoisotopic (exact) mass is 362 g/mol. The molecule has 1 aromatic heterocycles. The largest absolute Gasteiger partial charge is 0.376 e. The summed E-state index contributed by atoms with van der Waals surface area (Å²) in [6.07, 6.45) is 2.24. The van der Waals surface area contributed by atoms with Crippen LogP contribution in [-0.2, 0) is 11.3 Å². The molecule has 2 aromatic carbocycles. The van der Waals surface area contributed by atoms with E-state index in [1.807, 2.05) is 60.1 Å². The van der Waals surface area contributed by atoms with E-state index in [-0.39, 0.29) is 12.5 Å². The molecule has 0 spiro atoms. The normalized spacial score (nSPS) is 13.4. The molecule has 0 unspecified atom stereocenters. The summed E-state index contributed by atoms with van der Waals surface area (Å²) in [6, 6.07) is 16.4. The van der Waals surface area contributed by atoms with Crippen molar-refractivity contribution in [1.82, 2.24) is 25.5 Å². The number of carbonyl (C=O) groups is 1. The summed E-state index contributed by atoms with van der Waals surface area (Å²) in [6.45, 7) is 2.78. The molecule has 0 saturated heterocycles. The maximum absolute atomic E-state index is 12.1. The highest BCUT2D eigenvalue weighted by atomic mass is 16.1. The molecule has 2 N–H and O–H groups in total. The first-order valence-corrected chi connectivity index (χ1v) is 9.13. The smallest absolute Gasteiger partial charge is 0.239 e. The van der Waals surface area contributed by atoms with Crippen molar-refractivity contribution in [2.45, 2.75) is 32.4 Å². The Balaban J connectivity index is 1.33. The number of nitrogens with zero attached hydrogens (tertiary/aromatic N) is 4. The lowest BCUT2D eigenvalue weighted by Gasteiger charge is -2.09. The van der Waals surface area contributed by atoms with Crippen molar-refractivity contribution in [2.75, 3.05) is 11.9 Å². The van der Waals surface area contributed by atoms with Gasteiger partial charge in [0.1, 0.15) is 0 Å². The van der Waals surface area contributed by atoms with Crippen LogP contribution in [-0.4, -0.2) is 32.7 Å². The van der Waals surface area contributed by atoms with Gasteiger partial charge in [-0.3, -0.25) is 4.79 Å². The number of anilines is 1. The summed E-state index contributed by atoms with van der Waals surface area (Å²) < 4.78 is 1.88. The van der Waals surface area contributed by atoms with Gasteiger partial charge in [0.25, 0.3) is 0 Å². The van der Waals surface area contributed by atoms with Gasteiger partial charge < -0.3 is 10.6 Å². The van der Waals surface area contributed by atoms with E-state index < -0.39 is 0 Å². The lowest BCUT2D eigenvalue weighted by atomic mass is 10.1. The Morgan fingerprint density at radius 3 is 2.78 bits per heavy atom. The Labute approximate surface area is 157 Å². The van der Waals surface area contributed by atoms with Crippen LogP contribution in [0.5, 0.6) is 0 Å². The van der Waals surface area contributed by atoms with E-state index in [9.17, 15) is 4.79 Å². The fraction of sp³-hybridized carbons (Fsp3) is 0.300. The molecule has 138 valence electrons. The number of nitrogens with one attached hydrogen (secondary N) is 2. The van der Waals surface area contributed by atoms with Gasteiger partial charge in [-0.05, 0) is 47.9 Å². The molecular formula is C20H22N6O. The minimum absolute atomic E-state index is 0.0520. The molecule has 1 heterocycles. The van der Waals surface area contributed by atoms with E-state index in [0.29, 0.717) is 12.6 Å². The van der Waals surface area contributed by atoms with Crippen LogP contribution in [0.25, 0.3) is 11.4 Å². The van der Waals surface area contributed by atoms with E-state index in [0.717, 1.165) is 35.5 Å². The molecule has 1 amide bonds. The number of tetrazole rings is 1. The van der Waals surface area contributed by atoms with Gasteiger partial charge in [0, 0.05) is 17.8 Å². The fourth-order valence-corrected chi connectivity index (χ4v) is 2.87. The third-order valence-corrected chi connectivity index (χ3v) is 4.57.